The molecule has 0 aliphatic carbocycles. The summed E-state index contributed by atoms with van der Waals surface area (Å²) in [5.74, 6) is 0.934. The highest BCUT2D eigenvalue weighted by Crippen LogP contribution is 2.28. The van der Waals surface area contributed by atoms with Gasteiger partial charge in [0.15, 0.2) is 11.5 Å². The number of carbonyl (C=O) groups excluding carboxylic acids is 1. The van der Waals surface area contributed by atoms with Gasteiger partial charge in [-0.2, -0.15) is 0 Å². The average Bonchev–Trinajstić information content (AvgIpc) is 3.09. The standard InChI is InChI=1S/C21H21FN2O4/c1-13-19(20(24-28-13)15-5-4-6-16(22)12-15)21(25)23-10-9-14-7-8-17(26-2)18(11-14)27-3/h4-8,11-12H,9-10H2,1-3H3,(H,23,25). The van der Waals surface area contributed by atoms with Crippen LogP contribution in [0.3, 0.4) is 0 Å². The molecule has 0 unspecified atom stereocenters. The molecule has 2 aromatic carbocycles. The summed E-state index contributed by atoms with van der Waals surface area (Å²) in [5.41, 5.74) is 2.10. The number of amides is 1. The smallest absolute Gasteiger partial charge is 0.257 e. The minimum atomic E-state index is -0.405. The van der Waals surface area contributed by atoms with Gasteiger partial charge in [-0.1, -0.05) is 23.4 Å². The summed E-state index contributed by atoms with van der Waals surface area (Å²) in [6.07, 6.45) is 0.603. The van der Waals surface area contributed by atoms with E-state index in [4.69, 9.17) is 14.0 Å². The lowest BCUT2D eigenvalue weighted by atomic mass is 10.1. The Bertz CT molecular complexity index is 984. The molecule has 0 radical (unpaired) electrons. The van der Waals surface area contributed by atoms with Crippen LogP contribution in [0.15, 0.2) is 47.0 Å². The second-order valence-electron chi connectivity index (χ2n) is 6.17. The normalized spacial score (nSPS) is 10.6. The van der Waals surface area contributed by atoms with Crippen LogP contribution in [0.5, 0.6) is 11.5 Å². The SMILES string of the molecule is COc1ccc(CCNC(=O)c2c(-c3cccc(F)c3)noc2C)cc1OC. The minimum Gasteiger partial charge on any atom is -0.493 e. The molecule has 0 fully saturated rings. The van der Waals surface area contributed by atoms with Crippen molar-refractivity contribution in [1.29, 1.82) is 0 Å². The molecule has 0 aliphatic rings. The van der Waals surface area contributed by atoms with Crippen molar-refractivity contribution in [2.45, 2.75) is 13.3 Å². The number of hydrogen-bond donors (Lipinski definition) is 1. The fourth-order valence-corrected chi connectivity index (χ4v) is 2.92. The Kier molecular flexibility index (Phi) is 5.93. The van der Waals surface area contributed by atoms with Crippen LogP contribution in [-0.2, 0) is 6.42 Å². The Morgan fingerprint density at radius 2 is 1.93 bits per heavy atom. The van der Waals surface area contributed by atoms with Gasteiger partial charge in [0.05, 0.1) is 14.2 Å². The van der Waals surface area contributed by atoms with E-state index in [0.29, 0.717) is 47.0 Å². The third-order valence-electron chi connectivity index (χ3n) is 4.34. The molecule has 3 aromatic rings. The summed E-state index contributed by atoms with van der Waals surface area (Å²) in [6, 6.07) is 11.5. The highest BCUT2D eigenvalue weighted by atomic mass is 19.1. The number of carbonyl (C=O) groups is 1. The van der Waals surface area contributed by atoms with E-state index < -0.39 is 5.82 Å². The number of benzene rings is 2. The Hall–Kier alpha value is -3.35. The van der Waals surface area contributed by atoms with Crippen LogP contribution in [0, 0.1) is 12.7 Å². The molecule has 146 valence electrons. The van der Waals surface area contributed by atoms with E-state index in [2.05, 4.69) is 10.5 Å². The molecule has 1 N–H and O–H groups in total. The number of nitrogens with one attached hydrogen (secondary N) is 1. The second-order valence-corrected chi connectivity index (χ2v) is 6.17. The molecular weight excluding hydrogens is 363 g/mol. The molecular formula is C21H21FN2O4. The van der Waals surface area contributed by atoms with Crippen molar-refractivity contribution < 1.29 is 23.2 Å². The molecule has 1 aromatic heterocycles. The van der Waals surface area contributed by atoms with Crippen molar-refractivity contribution in [2.24, 2.45) is 0 Å². The predicted octanol–water partition coefficient (Wildman–Crippen LogP) is 3.78. The first-order valence-corrected chi connectivity index (χ1v) is 8.74. The maximum Gasteiger partial charge on any atom is 0.257 e. The summed E-state index contributed by atoms with van der Waals surface area (Å²) in [6.45, 7) is 2.06. The molecule has 0 saturated heterocycles. The van der Waals surface area contributed by atoms with E-state index in [-0.39, 0.29) is 5.91 Å². The molecule has 1 heterocycles. The number of halogens is 1. The summed E-state index contributed by atoms with van der Waals surface area (Å²) in [7, 11) is 3.15. The van der Waals surface area contributed by atoms with Gasteiger partial charge in [0.2, 0.25) is 0 Å². The van der Waals surface area contributed by atoms with Gasteiger partial charge in [0, 0.05) is 12.1 Å². The molecule has 6 nitrogen and oxygen atoms in total. The highest BCUT2D eigenvalue weighted by Gasteiger charge is 2.21. The zero-order valence-electron chi connectivity index (χ0n) is 15.9. The largest absolute Gasteiger partial charge is 0.493 e. The highest BCUT2D eigenvalue weighted by molar-refractivity contribution is 6.00. The molecule has 1 amide bonds. The van der Waals surface area contributed by atoms with Crippen LogP contribution in [0.2, 0.25) is 0 Å². The second kappa shape index (κ2) is 8.56. The zero-order chi connectivity index (χ0) is 20.1. The first-order chi connectivity index (χ1) is 13.5. The van der Waals surface area contributed by atoms with Crippen molar-refractivity contribution in [1.82, 2.24) is 10.5 Å². The first kappa shape index (κ1) is 19.4. The van der Waals surface area contributed by atoms with Gasteiger partial charge in [-0.25, -0.2) is 4.39 Å². The van der Waals surface area contributed by atoms with Crippen molar-refractivity contribution >= 4 is 5.91 Å². The molecule has 0 aliphatic heterocycles. The van der Waals surface area contributed by atoms with E-state index in [1.54, 1.807) is 33.3 Å². The number of ether oxygens (including phenoxy) is 2. The van der Waals surface area contributed by atoms with Gasteiger partial charge in [-0.3, -0.25) is 4.79 Å². The Balaban J connectivity index is 1.70. The van der Waals surface area contributed by atoms with Gasteiger partial charge in [0.25, 0.3) is 5.91 Å². The summed E-state index contributed by atoms with van der Waals surface area (Å²) < 4.78 is 29.2. The van der Waals surface area contributed by atoms with Crippen LogP contribution in [0.1, 0.15) is 21.7 Å². The summed E-state index contributed by atoms with van der Waals surface area (Å²) in [4.78, 5) is 12.7. The van der Waals surface area contributed by atoms with E-state index >= 15 is 0 Å². The van der Waals surface area contributed by atoms with Gasteiger partial charge in [0.1, 0.15) is 22.8 Å². The van der Waals surface area contributed by atoms with E-state index in [1.165, 1.54) is 12.1 Å². The maximum atomic E-state index is 13.5. The van der Waals surface area contributed by atoms with Crippen molar-refractivity contribution in [3.63, 3.8) is 0 Å². The fourth-order valence-electron chi connectivity index (χ4n) is 2.92. The van der Waals surface area contributed by atoms with Gasteiger partial charge in [-0.15, -0.1) is 0 Å². The van der Waals surface area contributed by atoms with Crippen LogP contribution >= 0.6 is 0 Å². The fraction of sp³-hybridized carbons (Fsp3) is 0.238. The first-order valence-electron chi connectivity index (χ1n) is 8.74. The van der Waals surface area contributed by atoms with Crippen molar-refractivity contribution in [3.8, 4) is 22.8 Å². The number of aromatic nitrogens is 1. The monoisotopic (exact) mass is 384 g/mol. The number of methoxy groups -OCH3 is 2. The molecule has 7 heteroatoms. The number of nitrogens with zero attached hydrogens (tertiary/aromatic N) is 1. The van der Waals surface area contributed by atoms with Crippen LogP contribution in [-0.4, -0.2) is 31.8 Å². The minimum absolute atomic E-state index is 0.304. The summed E-state index contributed by atoms with van der Waals surface area (Å²) in [5, 5.41) is 6.78. The lowest BCUT2D eigenvalue weighted by Gasteiger charge is -2.10. The Morgan fingerprint density at radius 1 is 1.14 bits per heavy atom. The Morgan fingerprint density at radius 3 is 2.64 bits per heavy atom. The van der Waals surface area contributed by atoms with E-state index in [0.717, 1.165) is 5.56 Å². The van der Waals surface area contributed by atoms with E-state index in [1.807, 2.05) is 18.2 Å². The van der Waals surface area contributed by atoms with Gasteiger partial charge < -0.3 is 19.3 Å². The zero-order valence-corrected chi connectivity index (χ0v) is 15.9. The predicted molar refractivity (Wildman–Crippen MR) is 102 cm³/mol. The molecule has 0 saturated carbocycles. The lowest BCUT2D eigenvalue weighted by Crippen LogP contribution is -2.26. The average molecular weight is 384 g/mol. The third-order valence-corrected chi connectivity index (χ3v) is 4.34. The molecule has 0 bridgehead atoms. The Labute approximate surface area is 162 Å². The van der Waals surface area contributed by atoms with Gasteiger partial charge in [-0.05, 0) is 43.2 Å². The molecule has 3 rings (SSSR count). The van der Waals surface area contributed by atoms with Crippen LogP contribution in [0.4, 0.5) is 4.39 Å². The number of hydrogen-bond acceptors (Lipinski definition) is 5. The quantitative estimate of drug-likeness (QED) is 0.671. The van der Waals surface area contributed by atoms with E-state index in [9.17, 15) is 9.18 Å². The van der Waals surface area contributed by atoms with Crippen LogP contribution < -0.4 is 14.8 Å². The lowest BCUT2D eigenvalue weighted by molar-refractivity contribution is 0.0953. The molecule has 0 atom stereocenters. The van der Waals surface area contributed by atoms with Crippen molar-refractivity contribution in [2.75, 3.05) is 20.8 Å². The third kappa shape index (κ3) is 4.14. The van der Waals surface area contributed by atoms with Crippen molar-refractivity contribution in [3.05, 3.63) is 65.2 Å². The molecule has 28 heavy (non-hydrogen) atoms. The van der Waals surface area contributed by atoms with Gasteiger partial charge >= 0.3 is 0 Å². The summed E-state index contributed by atoms with van der Waals surface area (Å²) >= 11 is 0. The van der Waals surface area contributed by atoms with Crippen LogP contribution in [0.25, 0.3) is 11.3 Å². The number of aryl methyl sites for hydroxylation is 1. The topological polar surface area (TPSA) is 73.6 Å². The number of rotatable bonds is 7. The maximum absolute atomic E-state index is 13.5. The molecule has 0 spiro atoms.